The normalized spacial score (nSPS) is 25.4. The van der Waals surface area contributed by atoms with Gasteiger partial charge in [0.2, 0.25) is 0 Å². The summed E-state index contributed by atoms with van der Waals surface area (Å²) < 4.78 is 5.98. The molecule has 1 saturated carbocycles. The quantitative estimate of drug-likeness (QED) is 0.842. The number of nitrogens with zero attached hydrogens (tertiary/aromatic N) is 1. The number of carbonyl (C=O) groups is 1. The van der Waals surface area contributed by atoms with Crippen LogP contribution in [0.25, 0.3) is 0 Å². The lowest BCUT2D eigenvalue weighted by Crippen LogP contribution is -2.40. The van der Waals surface area contributed by atoms with Gasteiger partial charge in [-0.2, -0.15) is 0 Å². The van der Waals surface area contributed by atoms with Gasteiger partial charge >= 0.3 is 0 Å². The second-order valence-electron chi connectivity index (χ2n) is 5.61. The molecule has 0 spiro atoms. The molecular formula is C14H27ClN2O2. The van der Waals surface area contributed by atoms with Crippen molar-refractivity contribution in [2.24, 2.45) is 11.7 Å². The summed E-state index contributed by atoms with van der Waals surface area (Å²) in [7, 11) is 0. The van der Waals surface area contributed by atoms with Crippen molar-refractivity contribution in [3.63, 3.8) is 0 Å². The molecule has 2 atom stereocenters. The second kappa shape index (κ2) is 8.08. The zero-order valence-electron chi connectivity index (χ0n) is 11.8. The molecule has 0 aromatic heterocycles. The van der Waals surface area contributed by atoms with E-state index in [-0.39, 0.29) is 24.4 Å². The predicted octanol–water partition coefficient (Wildman–Crippen LogP) is 1.95. The molecule has 0 radical (unpaired) electrons. The fourth-order valence-corrected chi connectivity index (χ4v) is 3.01. The van der Waals surface area contributed by atoms with E-state index in [1.54, 1.807) is 0 Å². The number of hydrogen-bond acceptors (Lipinski definition) is 3. The maximum Gasteiger partial charge on any atom is 0.251 e. The van der Waals surface area contributed by atoms with Crippen LogP contribution in [0.4, 0.5) is 0 Å². The Labute approximate surface area is 122 Å². The molecule has 5 heteroatoms. The largest absolute Gasteiger partial charge is 0.365 e. The van der Waals surface area contributed by atoms with E-state index in [4.69, 9.17) is 10.5 Å². The van der Waals surface area contributed by atoms with Crippen LogP contribution in [-0.2, 0) is 9.53 Å². The molecular weight excluding hydrogens is 264 g/mol. The van der Waals surface area contributed by atoms with Crippen molar-refractivity contribution in [1.82, 2.24) is 4.90 Å². The van der Waals surface area contributed by atoms with Crippen LogP contribution in [0.2, 0.25) is 0 Å². The van der Waals surface area contributed by atoms with Gasteiger partial charge < -0.3 is 15.4 Å². The van der Waals surface area contributed by atoms with E-state index in [1.807, 2.05) is 11.8 Å². The van der Waals surface area contributed by atoms with Crippen molar-refractivity contribution in [1.29, 1.82) is 0 Å². The van der Waals surface area contributed by atoms with Gasteiger partial charge in [-0.25, -0.2) is 0 Å². The molecule has 112 valence electrons. The molecule has 2 N–H and O–H groups in total. The van der Waals surface area contributed by atoms with Crippen molar-refractivity contribution in [2.45, 2.75) is 57.7 Å². The third kappa shape index (κ3) is 4.33. The van der Waals surface area contributed by atoms with Crippen molar-refractivity contribution in [3.8, 4) is 0 Å². The van der Waals surface area contributed by atoms with Crippen molar-refractivity contribution < 1.29 is 9.53 Å². The third-order valence-electron chi connectivity index (χ3n) is 4.24. The van der Waals surface area contributed by atoms with Crippen LogP contribution in [0, 0.1) is 5.92 Å². The molecule has 2 fully saturated rings. The molecule has 1 heterocycles. The number of amides is 1. The standard InChI is InChI=1S/C14H26N2O2.ClH/c1-2-13(18-12-5-3-4-6-12)14(17)16-8-7-11(9-15)10-16;/h11-13H,2-10,15H2,1H3;1H. The van der Waals surface area contributed by atoms with E-state index in [0.29, 0.717) is 18.6 Å². The third-order valence-corrected chi connectivity index (χ3v) is 4.24. The average molecular weight is 291 g/mol. The van der Waals surface area contributed by atoms with E-state index < -0.39 is 0 Å². The summed E-state index contributed by atoms with van der Waals surface area (Å²) >= 11 is 0. The van der Waals surface area contributed by atoms with Gasteiger partial charge in [0.15, 0.2) is 0 Å². The molecule has 1 aliphatic carbocycles. The number of hydrogen-bond donors (Lipinski definition) is 1. The summed E-state index contributed by atoms with van der Waals surface area (Å²) in [4.78, 5) is 14.3. The van der Waals surface area contributed by atoms with Gasteiger partial charge in [0.05, 0.1) is 6.10 Å². The number of likely N-dealkylation sites (tertiary alicyclic amines) is 1. The van der Waals surface area contributed by atoms with Crippen LogP contribution in [0.1, 0.15) is 45.4 Å². The summed E-state index contributed by atoms with van der Waals surface area (Å²) in [5.41, 5.74) is 5.67. The van der Waals surface area contributed by atoms with Crippen molar-refractivity contribution >= 4 is 18.3 Å². The lowest BCUT2D eigenvalue weighted by molar-refractivity contribution is -0.146. The number of halogens is 1. The lowest BCUT2D eigenvalue weighted by atomic mass is 10.1. The van der Waals surface area contributed by atoms with E-state index in [1.165, 1.54) is 12.8 Å². The molecule has 0 aromatic carbocycles. The maximum atomic E-state index is 12.4. The molecule has 2 rings (SSSR count). The molecule has 2 unspecified atom stereocenters. The molecule has 0 aromatic rings. The molecule has 0 bridgehead atoms. The van der Waals surface area contributed by atoms with Crippen LogP contribution >= 0.6 is 12.4 Å². The van der Waals surface area contributed by atoms with Crippen LogP contribution in [-0.4, -0.2) is 42.6 Å². The van der Waals surface area contributed by atoms with Gasteiger partial charge in [-0.15, -0.1) is 12.4 Å². The Kier molecular flexibility index (Phi) is 7.11. The summed E-state index contributed by atoms with van der Waals surface area (Å²) in [5, 5.41) is 0. The molecule has 2 aliphatic rings. The minimum absolute atomic E-state index is 0. The zero-order chi connectivity index (χ0) is 13.0. The van der Waals surface area contributed by atoms with E-state index in [9.17, 15) is 4.79 Å². The maximum absolute atomic E-state index is 12.4. The first-order valence-electron chi connectivity index (χ1n) is 7.39. The molecule has 1 aliphatic heterocycles. The highest BCUT2D eigenvalue weighted by Gasteiger charge is 2.31. The Balaban J connectivity index is 0.00000180. The first-order chi connectivity index (χ1) is 8.74. The molecule has 1 amide bonds. The predicted molar refractivity (Wildman–Crippen MR) is 78.4 cm³/mol. The minimum Gasteiger partial charge on any atom is -0.365 e. The number of nitrogens with two attached hydrogens (primary N) is 1. The monoisotopic (exact) mass is 290 g/mol. The highest BCUT2D eigenvalue weighted by atomic mass is 35.5. The van der Waals surface area contributed by atoms with Crippen molar-refractivity contribution in [2.75, 3.05) is 19.6 Å². The minimum atomic E-state index is -0.232. The van der Waals surface area contributed by atoms with Crippen molar-refractivity contribution in [3.05, 3.63) is 0 Å². The molecule has 4 nitrogen and oxygen atoms in total. The smallest absolute Gasteiger partial charge is 0.251 e. The van der Waals surface area contributed by atoms with Gasteiger partial charge in [-0.3, -0.25) is 4.79 Å². The number of ether oxygens (including phenoxy) is 1. The lowest BCUT2D eigenvalue weighted by Gasteiger charge is -2.25. The van der Waals surface area contributed by atoms with E-state index in [0.717, 1.165) is 38.8 Å². The first kappa shape index (κ1) is 16.7. The summed E-state index contributed by atoms with van der Waals surface area (Å²) in [6.07, 6.45) is 6.63. The fraction of sp³-hybridized carbons (Fsp3) is 0.929. The summed E-state index contributed by atoms with van der Waals surface area (Å²) in [6.45, 7) is 4.39. The fourth-order valence-electron chi connectivity index (χ4n) is 3.01. The number of carbonyl (C=O) groups excluding carboxylic acids is 1. The SMILES string of the molecule is CCC(OC1CCCC1)C(=O)N1CCC(CN)C1.Cl. The summed E-state index contributed by atoms with van der Waals surface area (Å²) in [6, 6.07) is 0. The van der Waals surface area contributed by atoms with Crippen LogP contribution in [0.5, 0.6) is 0 Å². The van der Waals surface area contributed by atoms with E-state index >= 15 is 0 Å². The zero-order valence-corrected chi connectivity index (χ0v) is 12.7. The topological polar surface area (TPSA) is 55.6 Å². The van der Waals surface area contributed by atoms with Gasteiger partial charge in [0.25, 0.3) is 5.91 Å². The Morgan fingerprint density at radius 2 is 2.05 bits per heavy atom. The highest BCUT2D eigenvalue weighted by Crippen LogP contribution is 2.24. The van der Waals surface area contributed by atoms with Gasteiger partial charge in [-0.05, 0) is 38.1 Å². The van der Waals surface area contributed by atoms with Crippen LogP contribution in [0.15, 0.2) is 0 Å². The molecule has 19 heavy (non-hydrogen) atoms. The average Bonchev–Trinajstić information content (AvgIpc) is 3.06. The Morgan fingerprint density at radius 3 is 2.58 bits per heavy atom. The summed E-state index contributed by atoms with van der Waals surface area (Å²) in [5.74, 6) is 0.665. The first-order valence-corrected chi connectivity index (χ1v) is 7.39. The van der Waals surface area contributed by atoms with Gasteiger partial charge in [-0.1, -0.05) is 19.8 Å². The Morgan fingerprint density at radius 1 is 1.37 bits per heavy atom. The second-order valence-corrected chi connectivity index (χ2v) is 5.61. The van der Waals surface area contributed by atoms with Gasteiger partial charge in [0, 0.05) is 13.1 Å². The van der Waals surface area contributed by atoms with Crippen LogP contribution in [0.3, 0.4) is 0 Å². The van der Waals surface area contributed by atoms with Gasteiger partial charge in [0.1, 0.15) is 6.10 Å². The van der Waals surface area contributed by atoms with Crippen LogP contribution < -0.4 is 5.73 Å². The highest BCUT2D eigenvalue weighted by molar-refractivity contribution is 5.85. The number of rotatable bonds is 5. The van der Waals surface area contributed by atoms with E-state index in [2.05, 4.69) is 0 Å². The molecule has 1 saturated heterocycles. The Bertz CT molecular complexity index is 283. The Hall–Kier alpha value is -0.320.